The summed E-state index contributed by atoms with van der Waals surface area (Å²) >= 11 is 0. The Labute approximate surface area is 115 Å². The Bertz CT molecular complexity index is 398. The predicted octanol–water partition coefficient (Wildman–Crippen LogP) is 2.37. The van der Waals surface area contributed by atoms with E-state index in [4.69, 9.17) is 0 Å². The molecular weight excluding hydrogens is 277 g/mol. The number of rotatable bonds is 4. The van der Waals surface area contributed by atoms with Crippen molar-refractivity contribution >= 4 is 12.0 Å². The molecule has 8 heteroatoms. The van der Waals surface area contributed by atoms with Crippen molar-refractivity contribution in [3.8, 4) is 0 Å². The molecule has 1 fully saturated rings. The SMILES string of the molecule is CC(C)(C)N(C(=O)O)C1(C(=O)NCCC(F)(F)F)CC1. The smallest absolute Gasteiger partial charge is 0.408 e. The van der Waals surface area contributed by atoms with Crippen LogP contribution in [0.4, 0.5) is 18.0 Å². The van der Waals surface area contributed by atoms with E-state index in [-0.39, 0.29) is 0 Å². The van der Waals surface area contributed by atoms with Crippen LogP contribution >= 0.6 is 0 Å². The van der Waals surface area contributed by atoms with E-state index in [0.717, 1.165) is 4.90 Å². The number of halogens is 3. The minimum absolute atomic E-state index is 0.328. The van der Waals surface area contributed by atoms with E-state index >= 15 is 0 Å². The van der Waals surface area contributed by atoms with Crippen molar-refractivity contribution in [2.24, 2.45) is 0 Å². The van der Waals surface area contributed by atoms with Crippen molar-refractivity contribution in [3.05, 3.63) is 0 Å². The third kappa shape index (κ3) is 3.77. The highest BCUT2D eigenvalue weighted by Gasteiger charge is 2.59. The van der Waals surface area contributed by atoms with Crippen molar-refractivity contribution in [2.45, 2.75) is 57.3 Å². The molecule has 1 aliphatic carbocycles. The van der Waals surface area contributed by atoms with Crippen LogP contribution in [0.1, 0.15) is 40.0 Å². The van der Waals surface area contributed by atoms with Gasteiger partial charge in [0.25, 0.3) is 0 Å². The van der Waals surface area contributed by atoms with Crippen LogP contribution in [0.15, 0.2) is 0 Å². The molecule has 0 aromatic carbocycles. The van der Waals surface area contributed by atoms with Gasteiger partial charge in [0, 0.05) is 12.1 Å². The number of hydrogen-bond donors (Lipinski definition) is 2. The van der Waals surface area contributed by atoms with Crippen molar-refractivity contribution in [1.82, 2.24) is 10.2 Å². The average molecular weight is 296 g/mol. The lowest BCUT2D eigenvalue weighted by molar-refractivity contribution is -0.138. The lowest BCUT2D eigenvalue weighted by Crippen LogP contribution is -2.58. The van der Waals surface area contributed by atoms with E-state index < -0.39 is 42.2 Å². The minimum atomic E-state index is -4.35. The molecule has 0 spiro atoms. The number of amides is 2. The Balaban J connectivity index is 2.73. The lowest BCUT2D eigenvalue weighted by Gasteiger charge is -2.39. The highest BCUT2D eigenvalue weighted by Crippen LogP contribution is 2.45. The first-order valence-electron chi connectivity index (χ1n) is 6.28. The predicted molar refractivity (Wildman–Crippen MR) is 65.3 cm³/mol. The van der Waals surface area contributed by atoms with Gasteiger partial charge in [-0.1, -0.05) is 0 Å². The van der Waals surface area contributed by atoms with Crippen molar-refractivity contribution < 1.29 is 27.9 Å². The van der Waals surface area contributed by atoms with E-state index in [9.17, 15) is 27.9 Å². The van der Waals surface area contributed by atoms with Gasteiger partial charge < -0.3 is 10.4 Å². The van der Waals surface area contributed by atoms with E-state index in [1.54, 1.807) is 20.8 Å². The van der Waals surface area contributed by atoms with E-state index in [1.807, 2.05) is 0 Å². The number of carboxylic acid groups (broad SMARTS) is 1. The average Bonchev–Trinajstić information content (AvgIpc) is 2.93. The third-order valence-corrected chi connectivity index (χ3v) is 3.13. The molecule has 20 heavy (non-hydrogen) atoms. The van der Waals surface area contributed by atoms with E-state index in [0.29, 0.717) is 12.8 Å². The molecule has 0 aromatic rings. The van der Waals surface area contributed by atoms with Gasteiger partial charge in [-0.3, -0.25) is 9.69 Å². The van der Waals surface area contributed by atoms with E-state index in [1.165, 1.54) is 0 Å². The van der Waals surface area contributed by atoms with Gasteiger partial charge >= 0.3 is 12.3 Å². The number of alkyl halides is 3. The zero-order valence-corrected chi connectivity index (χ0v) is 11.7. The Morgan fingerprint density at radius 2 is 1.75 bits per heavy atom. The molecule has 0 unspecified atom stereocenters. The Kier molecular flexibility index (Phi) is 4.26. The highest BCUT2D eigenvalue weighted by atomic mass is 19.4. The monoisotopic (exact) mass is 296 g/mol. The fourth-order valence-corrected chi connectivity index (χ4v) is 2.26. The second-order valence-electron chi connectivity index (χ2n) is 5.94. The number of nitrogens with one attached hydrogen (secondary N) is 1. The van der Waals surface area contributed by atoms with E-state index in [2.05, 4.69) is 5.32 Å². The third-order valence-electron chi connectivity index (χ3n) is 3.13. The molecule has 0 atom stereocenters. The maximum Gasteiger partial charge on any atom is 0.408 e. The van der Waals surface area contributed by atoms with Crippen molar-refractivity contribution in [3.63, 3.8) is 0 Å². The van der Waals surface area contributed by atoms with Crippen LogP contribution in [0, 0.1) is 0 Å². The highest BCUT2D eigenvalue weighted by molar-refractivity contribution is 5.92. The molecule has 2 amide bonds. The zero-order chi connectivity index (χ0) is 15.8. The first-order chi connectivity index (χ1) is 8.90. The topological polar surface area (TPSA) is 69.6 Å². The van der Waals surface area contributed by atoms with Crippen LogP contribution in [-0.4, -0.2) is 45.8 Å². The molecular formula is C12H19F3N2O3. The van der Waals surface area contributed by atoms with Gasteiger partial charge in [-0.15, -0.1) is 0 Å². The standard InChI is InChI=1S/C12H19F3N2O3/c1-10(2,3)17(9(19)20)11(4-5-11)8(18)16-7-6-12(13,14)15/h4-7H2,1-3H3,(H,16,18)(H,19,20). The quantitative estimate of drug-likeness (QED) is 0.836. The molecule has 1 aliphatic rings. The summed E-state index contributed by atoms with van der Waals surface area (Å²) in [7, 11) is 0. The summed E-state index contributed by atoms with van der Waals surface area (Å²) in [6, 6.07) is 0. The fraction of sp³-hybridized carbons (Fsp3) is 0.833. The summed E-state index contributed by atoms with van der Waals surface area (Å²) in [6.45, 7) is 4.39. The molecule has 5 nitrogen and oxygen atoms in total. The summed E-state index contributed by atoms with van der Waals surface area (Å²) < 4.78 is 36.1. The number of hydrogen-bond acceptors (Lipinski definition) is 2. The van der Waals surface area contributed by atoms with Gasteiger partial charge in [0.15, 0.2) is 0 Å². The summed E-state index contributed by atoms with van der Waals surface area (Å²) in [5, 5.41) is 11.4. The molecule has 0 aliphatic heterocycles. The molecule has 0 heterocycles. The zero-order valence-electron chi connectivity index (χ0n) is 11.7. The normalized spacial score (nSPS) is 17.5. The van der Waals surface area contributed by atoms with Crippen LogP contribution in [0.3, 0.4) is 0 Å². The van der Waals surface area contributed by atoms with Crippen LogP contribution in [0.2, 0.25) is 0 Å². The Morgan fingerprint density at radius 3 is 2.05 bits per heavy atom. The fourth-order valence-electron chi connectivity index (χ4n) is 2.26. The van der Waals surface area contributed by atoms with Crippen LogP contribution < -0.4 is 5.32 Å². The number of carbonyl (C=O) groups is 2. The molecule has 0 saturated heterocycles. The maximum atomic E-state index is 12.0. The second-order valence-corrected chi connectivity index (χ2v) is 5.94. The van der Waals surface area contributed by atoms with Crippen LogP contribution in [0.5, 0.6) is 0 Å². The van der Waals surface area contributed by atoms with Gasteiger partial charge in [-0.2, -0.15) is 13.2 Å². The first-order valence-corrected chi connectivity index (χ1v) is 6.28. The summed E-state index contributed by atoms with van der Waals surface area (Å²) in [6.07, 6.45) is -6.07. The molecule has 1 saturated carbocycles. The largest absolute Gasteiger partial charge is 0.465 e. The van der Waals surface area contributed by atoms with Crippen LogP contribution in [-0.2, 0) is 4.79 Å². The molecule has 1 rings (SSSR count). The van der Waals surface area contributed by atoms with Gasteiger partial charge in [0.05, 0.1) is 6.42 Å². The molecule has 0 radical (unpaired) electrons. The van der Waals surface area contributed by atoms with Gasteiger partial charge in [0.1, 0.15) is 5.54 Å². The maximum absolute atomic E-state index is 12.0. The van der Waals surface area contributed by atoms with Crippen LogP contribution in [0.25, 0.3) is 0 Å². The molecule has 0 bridgehead atoms. The summed E-state index contributed by atoms with van der Waals surface area (Å²) in [5.41, 5.74) is -2.03. The van der Waals surface area contributed by atoms with Gasteiger partial charge in [-0.25, -0.2) is 4.79 Å². The second kappa shape index (κ2) is 5.14. The van der Waals surface area contributed by atoms with Gasteiger partial charge in [-0.05, 0) is 33.6 Å². The lowest BCUT2D eigenvalue weighted by atomic mass is 10.0. The first kappa shape index (κ1) is 16.6. The molecule has 2 N–H and O–H groups in total. The Hall–Kier alpha value is -1.47. The minimum Gasteiger partial charge on any atom is -0.465 e. The molecule has 0 aromatic heterocycles. The van der Waals surface area contributed by atoms with Gasteiger partial charge in [0.2, 0.25) is 5.91 Å². The molecule has 116 valence electrons. The van der Waals surface area contributed by atoms with Crippen molar-refractivity contribution in [1.29, 1.82) is 0 Å². The number of nitrogens with zero attached hydrogens (tertiary/aromatic N) is 1. The number of carbonyl (C=O) groups excluding carboxylic acids is 1. The Morgan fingerprint density at radius 1 is 1.25 bits per heavy atom. The van der Waals surface area contributed by atoms with Crippen molar-refractivity contribution in [2.75, 3.05) is 6.54 Å². The summed E-state index contributed by atoms with van der Waals surface area (Å²) in [4.78, 5) is 24.4. The summed E-state index contributed by atoms with van der Waals surface area (Å²) in [5.74, 6) is -0.654.